The Morgan fingerprint density at radius 3 is 1.30 bits per heavy atom. The molecule has 0 fully saturated rings. The molecule has 0 nitrogen and oxygen atoms in total. The molecule has 0 aromatic carbocycles. The van der Waals surface area contributed by atoms with Gasteiger partial charge in [0.25, 0.3) is 0 Å². The molecule has 0 aliphatic rings. The predicted molar refractivity (Wildman–Crippen MR) is 158 cm³/mol. The summed E-state index contributed by atoms with van der Waals surface area (Å²) in [6.45, 7) is 4.52. The minimum absolute atomic E-state index is 0.638. The van der Waals surface area contributed by atoms with Crippen molar-refractivity contribution in [3.8, 4) is 0 Å². The van der Waals surface area contributed by atoms with Gasteiger partial charge in [-0.15, -0.1) is 0 Å². The van der Waals surface area contributed by atoms with E-state index in [2.05, 4.69) is 50.3 Å². The van der Waals surface area contributed by atoms with E-state index in [9.17, 15) is 0 Å². The van der Waals surface area contributed by atoms with E-state index in [0.717, 1.165) is 6.42 Å². The molecule has 1 unspecified atom stereocenters. The van der Waals surface area contributed by atoms with Crippen LogP contribution in [0.25, 0.3) is 0 Å². The minimum atomic E-state index is 0.638. The summed E-state index contributed by atoms with van der Waals surface area (Å²) in [5, 5.41) is 0.638. The topological polar surface area (TPSA) is 0 Å². The van der Waals surface area contributed by atoms with E-state index in [4.69, 9.17) is 12.6 Å². The van der Waals surface area contributed by atoms with Crippen LogP contribution in [0.3, 0.4) is 0 Å². The normalized spacial score (nSPS) is 13.2. The van der Waals surface area contributed by atoms with Gasteiger partial charge in [-0.1, -0.05) is 134 Å². The zero-order valence-corrected chi connectivity index (χ0v) is 23.6. The Morgan fingerprint density at radius 1 is 0.424 bits per heavy atom. The van der Waals surface area contributed by atoms with Gasteiger partial charge in [0.2, 0.25) is 0 Å². The van der Waals surface area contributed by atoms with Crippen LogP contribution in [-0.2, 0) is 0 Å². The lowest BCUT2D eigenvalue weighted by Gasteiger charge is -2.10. The molecule has 0 heterocycles. The number of thiol groups is 1. The Hall–Kier alpha value is -0.430. The average molecular weight is 477 g/mol. The molecule has 1 atom stereocenters. The Balaban J connectivity index is 3.25. The van der Waals surface area contributed by atoms with E-state index in [0.29, 0.717) is 5.25 Å². The van der Waals surface area contributed by atoms with Gasteiger partial charge in [-0.2, -0.15) is 12.6 Å². The first-order valence-electron chi connectivity index (χ1n) is 14.9. The third-order valence-electron chi connectivity index (χ3n) is 6.52. The molecule has 0 N–H and O–H groups in total. The third-order valence-corrected chi connectivity index (χ3v) is 7.03. The van der Waals surface area contributed by atoms with E-state index < -0.39 is 0 Å². The van der Waals surface area contributed by atoms with Crippen molar-refractivity contribution in [1.29, 1.82) is 0 Å². The van der Waals surface area contributed by atoms with Gasteiger partial charge in [0, 0.05) is 5.25 Å². The van der Waals surface area contributed by atoms with Crippen molar-refractivity contribution in [3.63, 3.8) is 0 Å². The van der Waals surface area contributed by atoms with Crippen LogP contribution in [0.2, 0.25) is 0 Å². The van der Waals surface area contributed by atoms with Crippen LogP contribution >= 0.6 is 12.6 Å². The molecule has 0 aromatic rings. The summed E-state index contributed by atoms with van der Waals surface area (Å²) in [4.78, 5) is 0. The summed E-state index contributed by atoms with van der Waals surface area (Å²) in [6.07, 6.45) is 45.1. The number of hydrogen-bond donors (Lipinski definition) is 1. The minimum Gasteiger partial charge on any atom is -0.176 e. The fourth-order valence-corrected chi connectivity index (χ4v) is 4.63. The highest BCUT2D eigenvalue weighted by Crippen LogP contribution is 2.18. The van der Waals surface area contributed by atoms with Gasteiger partial charge in [0.15, 0.2) is 0 Å². The maximum absolute atomic E-state index is 4.84. The smallest absolute Gasteiger partial charge is 0.00168 e. The molecule has 194 valence electrons. The first kappa shape index (κ1) is 32.6. The highest BCUT2D eigenvalue weighted by atomic mass is 32.1. The lowest BCUT2D eigenvalue weighted by Crippen LogP contribution is -1.98. The second kappa shape index (κ2) is 29.6. The maximum Gasteiger partial charge on any atom is 0.00168 e. The highest BCUT2D eigenvalue weighted by molar-refractivity contribution is 7.80. The van der Waals surface area contributed by atoms with Gasteiger partial charge >= 0.3 is 0 Å². The predicted octanol–water partition coefficient (Wildman–Crippen LogP) is 12.0. The molecule has 0 saturated heterocycles. The number of unbranched alkanes of at least 4 members (excludes halogenated alkanes) is 16. The van der Waals surface area contributed by atoms with Crippen LogP contribution in [0.15, 0.2) is 36.5 Å². The zero-order chi connectivity index (χ0) is 24.1. The molecule has 1 heteroatoms. The van der Waals surface area contributed by atoms with Crippen LogP contribution in [0, 0.1) is 0 Å². The average Bonchev–Trinajstić information content (AvgIpc) is 2.82. The SMILES string of the molecule is CCC/C=C\CCCCCCCCC(S)CCCCCCCC/C=C\C/C=C\CCCCC. The molecule has 0 aromatic heterocycles. The molecule has 0 aliphatic carbocycles. The van der Waals surface area contributed by atoms with E-state index >= 15 is 0 Å². The molecule has 0 spiro atoms. The third kappa shape index (κ3) is 29.5. The summed E-state index contributed by atoms with van der Waals surface area (Å²) < 4.78 is 0. The number of hydrogen-bond acceptors (Lipinski definition) is 1. The monoisotopic (exact) mass is 476 g/mol. The Morgan fingerprint density at radius 2 is 0.818 bits per heavy atom. The molecule has 0 radical (unpaired) electrons. The van der Waals surface area contributed by atoms with Crippen LogP contribution in [0.5, 0.6) is 0 Å². The first-order valence-corrected chi connectivity index (χ1v) is 15.5. The summed E-state index contributed by atoms with van der Waals surface area (Å²) in [6, 6.07) is 0. The molecular formula is C32H60S. The zero-order valence-electron chi connectivity index (χ0n) is 22.8. The number of allylic oxidation sites excluding steroid dienone is 6. The summed E-state index contributed by atoms with van der Waals surface area (Å²) in [7, 11) is 0. The summed E-state index contributed by atoms with van der Waals surface area (Å²) in [5.41, 5.74) is 0. The fourth-order valence-electron chi connectivity index (χ4n) is 4.26. The molecule has 0 aliphatic heterocycles. The second-order valence-corrected chi connectivity index (χ2v) is 10.7. The largest absolute Gasteiger partial charge is 0.176 e. The van der Waals surface area contributed by atoms with E-state index in [-0.39, 0.29) is 0 Å². The lowest BCUT2D eigenvalue weighted by molar-refractivity contribution is 0.539. The summed E-state index contributed by atoms with van der Waals surface area (Å²) in [5.74, 6) is 0. The molecular weight excluding hydrogens is 416 g/mol. The molecule has 33 heavy (non-hydrogen) atoms. The first-order chi connectivity index (χ1) is 16.3. The van der Waals surface area contributed by atoms with Crippen molar-refractivity contribution >= 4 is 12.6 Å². The highest BCUT2D eigenvalue weighted by Gasteiger charge is 2.03. The summed E-state index contributed by atoms with van der Waals surface area (Å²) >= 11 is 4.84. The maximum atomic E-state index is 4.84. The fraction of sp³-hybridized carbons (Fsp3) is 0.812. The molecule has 0 rings (SSSR count). The molecule has 0 bridgehead atoms. The Bertz CT molecular complexity index is 434. The van der Waals surface area contributed by atoms with Crippen molar-refractivity contribution < 1.29 is 0 Å². The van der Waals surface area contributed by atoms with Crippen LogP contribution in [0.4, 0.5) is 0 Å². The van der Waals surface area contributed by atoms with Gasteiger partial charge in [0.05, 0.1) is 0 Å². The quantitative estimate of drug-likeness (QED) is 0.0716. The van der Waals surface area contributed by atoms with E-state index in [1.165, 1.54) is 141 Å². The van der Waals surface area contributed by atoms with Crippen molar-refractivity contribution in [2.45, 2.75) is 167 Å². The van der Waals surface area contributed by atoms with Crippen LogP contribution in [-0.4, -0.2) is 5.25 Å². The van der Waals surface area contributed by atoms with Crippen LogP contribution in [0.1, 0.15) is 162 Å². The Kier molecular flexibility index (Phi) is 29.2. The van der Waals surface area contributed by atoms with E-state index in [1.807, 2.05) is 0 Å². The van der Waals surface area contributed by atoms with Gasteiger partial charge in [-0.05, 0) is 64.2 Å². The van der Waals surface area contributed by atoms with Gasteiger partial charge in [-0.3, -0.25) is 0 Å². The standard InChI is InChI=1S/C32H60S/c1-3-5-7-9-11-13-15-16-17-18-19-21-23-25-27-29-31-32(33)30-28-26-24-22-20-14-12-10-8-6-4-2/h8,10-11,13,16-17,32-33H,3-7,9,12,14-15,18-31H2,1-2H3/b10-8-,13-11-,17-16-. The second-order valence-electron chi connectivity index (χ2n) is 9.99. The van der Waals surface area contributed by atoms with Crippen LogP contribution < -0.4 is 0 Å². The van der Waals surface area contributed by atoms with Gasteiger partial charge < -0.3 is 0 Å². The molecule has 0 saturated carbocycles. The van der Waals surface area contributed by atoms with Crippen molar-refractivity contribution in [3.05, 3.63) is 36.5 Å². The van der Waals surface area contributed by atoms with Crippen molar-refractivity contribution in [1.82, 2.24) is 0 Å². The van der Waals surface area contributed by atoms with E-state index in [1.54, 1.807) is 0 Å². The van der Waals surface area contributed by atoms with Crippen molar-refractivity contribution in [2.75, 3.05) is 0 Å². The van der Waals surface area contributed by atoms with Gasteiger partial charge in [0.1, 0.15) is 0 Å². The van der Waals surface area contributed by atoms with Gasteiger partial charge in [-0.25, -0.2) is 0 Å². The van der Waals surface area contributed by atoms with Crippen molar-refractivity contribution in [2.24, 2.45) is 0 Å². The molecule has 0 amide bonds. The Labute approximate surface area is 215 Å². The number of rotatable bonds is 26. The lowest BCUT2D eigenvalue weighted by atomic mass is 10.0.